The second-order valence-electron chi connectivity index (χ2n) is 6.87. The molecule has 3 rings (SSSR count). The van der Waals surface area contributed by atoms with Gasteiger partial charge < -0.3 is 15.3 Å². The lowest BCUT2D eigenvalue weighted by atomic mass is 10.2. The zero-order chi connectivity index (χ0) is 25.8. The van der Waals surface area contributed by atoms with Crippen molar-refractivity contribution in [1.82, 2.24) is 10.2 Å². The van der Waals surface area contributed by atoms with E-state index in [1.54, 1.807) is 25.1 Å². The number of rotatable bonds is 5. The minimum absolute atomic E-state index is 0.0610. The van der Waals surface area contributed by atoms with E-state index in [1.807, 2.05) is 13.8 Å². The molecule has 9 nitrogen and oxygen atoms in total. The van der Waals surface area contributed by atoms with Gasteiger partial charge >= 0.3 is 0 Å². The van der Waals surface area contributed by atoms with E-state index < -0.39 is 25.6 Å². The Morgan fingerprint density at radius 3 is 1.91 bits per heavy atom. The van der Waals surface area contributed by atoms with Gasteiger partial charge in [0.15, 0.2) is 9.84 Å². The second-order valence-corrected chi connectivity index (χ2v) is 11.1. The molecule has 2 aromatic carbocycles. The van der Waals surface area contributed by atoms with Gasteiger partial charge in [0, 0.05) is 25.3 Å². The molecule has 0 bridgehead atoms. The number of nitrogens with one attached hydrogen (secondary N) is 1. The summed E-state index contributed by atoms with van der Waals surface area (Å²) in [7, 11) is -6.76. The van der Waals surface area contributed by atoms with Gasteiger partial charge in [0.25, 0.3) is 5.91 Å². The highest BCUT2D eigenvalue weighted by Crippen LogP contribution is 2.20. The van der Waals surface area contributed by atoms with Gasteiger partial charge in [-0.15, -0.1) is 0 Å². The maximum Gasteiger partial charge on any atom is 0.251 e. The lowest BCUT2D eigenvalue weighted by Gasteiger charge is -2.26. The Kier molecular flexibility index (Phi) is 11.9. The number of nitrogens with zero attached hydrogens (tertiary/aromatic N) is 1. The van der Waals surface area contributed by atoms with E-state index in [9.17, 15) is 26.4 Å². The molecule has 0 unspecified atom stereocenters. The van der Waals surface area contributed by atoms with Crippen LogP contribution >= 0.6 is 0 Å². The average molecular weight is 513 g/mol. The van der Waals surface area contributed by atoms with Crippen molar-refractivity contribution in [2.75, 3.05) is 37.7 Å². The van der Waals surface area contributed by atoms with Crippen molar-refractivity contribution in [3.05, 3.63) is 60.2 Å². The molecule has 0 aromatic heterocycles. The Bertz CT molecular complexity index is 1120. The molecule has 1 aliphatic heterocycles. The van der Waals surface area contributed by atoms with E-state index in [1.165, 1.54) is 41.3 Å². The summed E-state index contributed by atoms with van der Waals surface area (Å²) in [5.74, 6) is -1.04. The molecule has 0 aliphatic carbocycles. The predicted molar refractivity (Wildman–Crippen MR) is 130 cm³/mol. The van der Waals surface area contributed by atoms with Gasteiger partial charge in [0.2, 0.25) is 15.7 Å². The monoisotopic (exact) mass is 512 g/mol. The fourth-order valence-corrected chi connectivity index (χ4v) is 5.34. The Balaban J connectivity index is 0.00000107. The summed E-state index contributed by atoms with van der Waals surface area (Å²) in [5.41, 5.74) is 0.214. The van der Waals surface area contributed by atoms with Gasteiger partial charge in [-0.3, -0.25) is 9.59 Å². The molecule has 2 amide bonds. The third-order valence-electron chi connectivity index (χ3n) is 4.58. The van der Waals surface area contributed by atoms with Gasteiger partial charge in [-0.25, -0.2) is 16.8 Å². The van der Waals surface area contributed by atoms with Crippen molar-refractivity contribution >= 4 is 31.5 Å². The molecule has 0 atom stereocenters. The number of aliphatic hydroxyl groups excluding tert-OH is 1. The van der Waals surface area contributed by atoms with Gasteiger partial charge in [0.05, 0.1) is 27.8 Å². The quantitative estimate of drug-likeness (QED) is 0.620. The Morgan fingerprint density at radius 2 is 1.41 bits per heavy atom. The maximum absolute atomic E-state index is 12.6. The van der Waals surface area contributed by atoms with Crippen LogP contribution in [0.2, 0.25) is 0 Å². The Hall–Kier alpha value is -2.76. The minimum Gasteiger partial charge on any atom is -0.397 e. The molecular formula is C23H32N2O7S2. The summed E-state index contributed by atoms with van der Waals surface area (Å²) in [6.07, 6.45) is 0. The standard InChI is InChI=1S/C19H20N2O6S2.C2H6O.C2H6/c22-18(21-10-12-28(24,25)13-11-21)14-20-19(23)15-6-8-17(9-7-15)29(26,27)16-4-2-1-3-5-16;1-2-3;1-2/h1-9H,10-14H2,(H,20,23);3H,2H2,1H3;1-2H3. The molecule has 188 valence electrons. The van der Waals surface area contributed by atoms with Crippen LogP contribution in [-0.4, -0.2) is 76.4 Å². The fraction of sp³-hybridized carbons (Fsp3) is 0.391. The van der Waals surface area contributed by atoms with Gasteiger partial charge in [-0.2, -0.15) is 0 Å². The molecule has 1 saturated heterocycles. The van der Waals surface area contributed by atoms with Gasteiger partial charge in [-0.05, 0) is 43.3 Å². The zero-order valence-corrected chi connectivity index (χ0v) is 21.2. The summed E-state index contributed by atoms with van der Waals surface area (Å²) in [6, 6.07) is 13.4. The Labute approximate surface area is 201 Å². The second kappa shape index (κ2) is 13.8. The molecule has 2 aromatic rings. The number of amides is 2. The third kappa shape index (κ3) is 8.54. The number of hydrogen-bond donors (Lipinski definition) is 2. The first kappa shape index (κ1) is 29.3. The van der Waals surface area contributed by atoms with Crippen molar-refractivity contribution < 1.29 is 31.5 Å². The van der Waals surface area contributed by atoms with Crippen LogP contribution in [0.25, 0.3) is 0 Å². The number of benzene rings is 2. The molecule has 11 heteroatoms. The van der Waals surface area contributed by atoms with Crippen molar-refractivity contribution in [3.8, 4) is 0 Å². The topological polar surface area (TPSA) is 138 Å². The molecular weight excluding hydrogens is 480 g/mol. The van der Waals surface area contributed by atoms with Crippen molar-refractivity contribution in [2.24, 2.45) is 0 Å². The SMILES string of the molecule is CC.CCO.O=C(NCC(=O)N1CCS(=O)(=O)CC1)c1ccc(S(=O)(=O)c2ccccc2)cc1. The Morgan fingerprint density at radius 1 is 0.941 bits per heavy atom. The first-order valence-electron chi connectivity index (χ1n) is 10.9. The number of carbonyl (C=O) groups is 2. The van der Waals surface area contributed by atoms with E-state index in [0.29, 0.717) is 0 Å². The van der Waals surface area contributed by atoms with Crippen LogP contribution in [0, 0.1) is 0 Å². The molecule has 34 heavy (non-hydrogen) atoms. The fourth-order valence-electron chi connectivity index (χ4n) is 2.85. The maximum atomic E-state index is 12.6. The van der Waals surface area contributed by atoms with Crippen LogP contribution in [0.5, 0.6) is 0 Å². The summed E-state index contributed by atoms with van der Waals surface area (Å²) >= 11 is 0. The average Bonchev–Trinajstić information content (AvgIpc) is 2.84. The van der Waals surface area contributed by atoms with Gasteiger partial charge in [0.1, 0.15) is 0 Å². The first-order chi connectivity index (χ1) is 16.1. The molecule has 1 fully saturated rings. The molecule has 0 radical (unpaired) electrons. The van der Waals surface area contributed by atoms with Crippen LogP contribution in [0.4, 0.5) is 0 Å². The highest BCUT2D eigenvalue weighted by molar-refractivity contribution is 7.91. The van der Waals surface area contributed by atoms with Crippen LogP contribution in [0.15, 0.2) is 64.4 Å². The van der Waals surface area contributed by atoms with Gasteiger partial charge in [-0.1, -0.05) is 32.0 Å². The highest BCUT2D eigenvalue weighted by atomic mass is 32.2. The molecule has 2 N–H and O–H groups in total. The number of aliphatic hydroxyl groups is 1. The molecule has 0 spiro atoms. The molecule has 1 heterocycles. The van der Waals surface area contributed by atoms with Crippen LogP contribution in [-0.2, 0) is 24.5 Å². The first-order valence-corrected chi connectivity index (χ1v) is 14.2. The van der Waals surface area contributed by atoms with Crippen LogP contribution < -0.4 is 5.32 Å². The zero-order valence-electron chi connectivity index (χ0n) is 19.6. The molecule has 1 aliphatic rings. The largest absolute Gasteiger partial charge is 0.397 e. The lowest BCUT2D eigenvalue weighted by Crippen LogP contribution is -2.47. The minimum atomic E-state index is -3.67. The number of hydrogen-bond acceptors (Lipinski definition) is 7. The van der Waals surface area contributed by atoms with E-state index in [0.717, 1.165) is 0 Å². The summed E-state index contributed by atoms with van der Waals surface area (Å²) in [6.45, 7) is 5.90. The molecule has 0 saturated carbocycles. The predicted octanol–water partition coefficient (Wildman–Crippen LogP) is 1.53. The number of carbonyl (C=O) groups excluding carboxylic acids is 2. The van der Waals surface area contributed by atoms with Crippen molar-refractivity contribution in [3.63, 3.8) is 0 Å². The number of sulfone groups is 2. The highest BCUT2D eigenvalue weighted by Gasteiger charge is 2.25. The summed E-state index contributed by atoms with van der Waals surface area (Å²) in [5, 5.41) is 10.0. The summed E-state index contributed by atoms with van der Waals surface area (Å²) < 4.78 is 47.9. The van der Waals surface area contributed by atoms with E-state index in [2.05, 4.69) is 5.32 Å². The smallest absolute Gasteiger partial charge is 0.251 e. The normalized spacial score (nSPS) is 14.5. The van der Waals surface area contributed by atoms with E-state index >= 15 is 0 Å². The van der Waals surface area contributed by atoms with E-state index in [-0.39, 0.29) is 59.0 Å². The van der Waals surface area contributed by atoms with Crippen molar-refractivity contribution in [2.45, 2.75) is 30.6 Å². The summed E-state index contributed by atoms with van der Waals surface area (Å²) in [4.78, 5) is 26.0. The van der Waals surface area contributed by atoms with Crippen LogP contribution in [0.1, 0.15) is 31.1 Å². The van der Waals surface area contributed by atoms with Crippen LogP contribution in [0.3, 0.4) is 0 Å². The third-order valence-corrected chi connectivity index (χ3v) is 7.97. The van der Waals surface area contributed by atoms with E-state index in [4.69, 9.17) is 5.11 Å². The van der Waals surface area contributed by atoms with Crippen molar-refractivity contribution in [1.29, 1.82) is 0 Å². The lowest BCUT2D eigenvalue weighted by molar-refractivity contribution is -0.129.